The molecule has 1 amide bonds. The van der Waals surface area contributed by atoms with Crippen molar-refractivity contribution in [3.63, 3.8) is 0 Å². The normalized spacial score (nSPS) is 16.5. The molecule has 0 spiro atoms. The van der Waals surface area contributed by atoms with Gasteiger partial charge in [-0.25, -0.2) is 0 Å². The number of benzene rings is 1. The average molecular weight is 364 g/mol. The predicted molar refractivity (Wildman–Crippen MR) is 104 cm³/mol. The van der Waals surface area contributed by atoms with E-state index < -0.39 is 11.6 Å². The fourth-order valence-electron chi connectivity index (χ4n) is 3.61. The van der Waals surface area contributed by atoms with E-state index in [9.17, 15) is 14.9 Å². The van der Waals surface area contributed by atoms with Gasteiger partial charge < -0.3 is 16.0 Å². The summed E-state index contributed by atoms with van der Waals surface area (Å²) in [5.41, 5.74) is 8.90. The third-order valence-corrected chi connectivity index (χ3v) is 5.23. The Hall–Kier alpha value is -2.91. The molecule has 3 rings (SSSR count). The van der Waals surface area contributed by atoms with Gasteiger partial charge in [-0.05, 0) is 37.0 Å². The quantitative estimate of drug-likeness (QED) is 0.755. The number of hydrogen-bond acceptors (Lipinski definition) is 4. The topological polar surface area (TPSA) is 112 Å². The maximum absolute atomic E-state index is 12.4. The Balaban J connectivity index is 1.68. The molecule has 0 bridgehead atoms. The van der Waals surface area contributed by atoms with E-state index >= 15 is 0 Å². The third kappa shape index (κ3) is 4.26. The fraction of sp³-hybridized carbons (Fsp3) is 0.381. The lowest BCUT2D eigenvalue weighted by atomic mass is 9.96. The smallest absolute Gasteiger partial charge is 0.248 e. The molecule has 1 aliphatic rings. The van der Waals surface area contributed by atoms with Crippen LogP contribution < -0.4 is 16.6 Å². The number of nitrogens with two attached hydrogens (primary N) is 1. The Kier molecular flexibility index (Phi) is 5.43. The van der Waals surface area contributed by atoms with Crippen LogP contribution in [-0.2, 0) is 11.2 Å². The number of aryl methyl sites for hydroxylation is 1. The molecule has 0 saturated heterocycles. The molecule has 2 aromatic rings. The first-order valence-corrected chi connectivity index (χ1v) is 9.20. The molecule has 1 fully saturated rings. The second-order valence-electron chi connectivity index (χ2n) is 7.28. The molecule has 6 nitrogen and oxygen atoms in total. The van der Waals surface area contributed by atoms with Crippen molar-refractivity contribution >= 4 is 5.91 Å². The molecular weight excluding hydrogens is 340 g/mol. The molecule has 4 N–H and O–H groups in total. The van der Waals surface area contributed by atoms with Crippen LogP contribution in [0.4, 0.5) is 0 Å². The van der Waals surface area contributed by atoms with E-state index in [4.69, 9.17) is 5.73 Å². The van der Waals surface area contributed by atoms with E-state index in [1.807, 2.05) is 31.2 Å². The number of rotatable bonds is 5. The lowest BCUT2D eigenvalue weighted by Gasteiger charge is -2.24. The molecule has 1 aromatic carbocycles. The highest BCUT2D eigenvalue weighted by molar-refractivity contribution is 5.86. The number of nitrogens with zero attached hydrogens (tertiary/aromatic N) is 1. The maximum Gasteiger partial charge on any atom is 0.248 e. The summed E-state index contributed by atoms with van der Waals surface area (Å²) in [5, 5.41) is 12.2. The Morgan fingerprint density at radius 1 is 1.26 bits per heavy atom. The number of H-pyrrole nitrogens is 1. The van der Waals surface area contributed by atoms with Crippen LogP contribution in [0.25, 0.3) is 11.1 Å². The molecule has 1 atom stereocenters. The first-order chi connectivity index (χ1) is 12.9. The Morgan fingerprint density at radius 2 is 1.93 bits per heavy atom. The van der Waals surface area contributed by atoms with Crippen molar-refractivity contribution < 1.29 is 4.79 Å². The van der Waals surface area contributed by atoms with Gasteiger partial charge >= 0.3 is 0 Å². The van der Waals surface area contributed by atoms with Gasteiger partial charge in [0, 0.05) is 23.7 Å². The van der Waals surface area contributed by atoms with Gasteiger partial charge in [-0.1, -0.05) is 37.1 Å². The number of pyridine rings is 1. The molecule has 1 heterocycles. The largest absolute Gasteiger partial charge is 0.338 e. The van der Waals surface area contributed by atoms with Crippen molar-refractivity contribution in [2.24, 2.45) is 5.73 Å². The lowest BCUT2D eigenvalue weighted by molar-refractivity contribution is -0.126. The van der Waals surface area contributed by atoms with Crippen molar-refractivity contribution in [2.75, 3.05) is 0 Å². The number of hydrogen-bond donors (Lipinski definition) is 3. The van der Waals surface area contributed by atoms with Gasteiger partial charge in [-0.3, -0.25) is 9.59 Å². The highest BCUT2D eigenvalue weighted by Gasteiger charge is 2.37. The summed E-state index contributed by atoms with van der Waals surface area (Å²) in [6.07, 6.45) is 3.66. The number of carbonyl (C=O) groups is 1. The monoisotopic (exact) mass is 364 g/mol. The summed E-state index contributed by atoms with van der Waals surface area (Å²) in [7, 11) is 0. The standard InChI is InChI=1S/C21H24N4O2/c1-14-18(8-9-19(26)24-14)16-6-4-15(5-7-16)12-17(13-22)25-20(27)21(23)10-2-3-11-21/h4-9,17H,2-3,10-12,23H2,1H3,(H,24,26)(H,25,27)/t17-/m0/s1. The van der Waals surface area contributed by atoms with E-state index in [1.165, 1.54) is 6.07 Å². The molecule has 0 aliphatic heterocycles. The molecule has 0 unspecified atom stereocenters. The molecular formula is C21H24N4O2. The van der Waals surface area contributed by atoms with Crippen LogP contribution in [0.5, 0.6) is 0 Å². The second kappa shape index (κ2) is 7.77. The summed E-state index contributed by atoms with van der Waals surface area (Å²) in [6, 6.07) is 12.6. The van der Waals surface area contributed by atoms with Gasteiger partial charge in [0.25, 0.3) is 0 Å². The Bertz CT molecular complexity index is 918. The number of nitrogens with one attached hydrogen (secondary N) is 2. The zero-order valence-electron chi connectivity index (χ0n) is 15.4. The number of amides is 1. The van der Waals surface area contributed by atoms with E-state index in [0.717, 1.165) is 35.2 Å². The number of nitriles is 1. The number of aromatic amines is 1. The van der Waals surface area contributed by atoms with Crippen molar-refractivity contribution in [3.8, 4) is 17.2 Å². The lowest BCUT2D eigenvalue weighted by Crippen LogP contribution is -2.54. The second-order valence-corrected chi connectivity index (χ2v) is 7.28. The van der Waals surface area contributed by atoms with Crippen molar-refractivity contribution in [1.29, 1.82) is 5.26 Å². The van der Waals surface area contributed by atoms with Crippen LogP contribution >= 0.6 is 0 Å². The van der Waals surface area contributed by atoms with Gasteiger partial charge in [0.05, 0.1) is 11.6 Å². The summed E-state index contributed by atoms with van der Waals surface area (Å²) in [6.45, 7) is 1.86. The maximum atomic E-state index is 12.4. The Labute approximate surface area is 158 Å². The number of aromatic nitrogens is 1. The summed E-state index contributed by atoms with van der Waals surface area (Å²) in [5.74, 6) is -0.230. The summed E-state index contributed by atoms with van der Waals surface area (Å²) < 4.78 is 0. The first-order valence-electron chi connectivity index (χ1n) is 9.20. The zero-order valence-corrected chi connectivity index (χ0v) is 15.4. The van der Waals surface area contributed by atoms with Gasteiger partial charge in [0.2, 0.25) is 11.5 Å². The van der Waals surface area contributed by atoms with E-state index in [2.05, 4.69) is 16.4 Å². The predicted octanol–water partition coefficient (Wildman–Crippen LogP) is 2.17. The van der Waals surface area contributed by atoms with Crippen molar-refractivity contribution in [1.82, 2.24) is 10.3 Å². The average Bonchev–Trinajstić information content (AvgIpc) is 3.10. The Morgan fingerprint density at radius 3 is 2.52 bits per heavy atom. The van der Waals surface area contributed by atoms with E-state index in [1.54, 1.807) is 6.07 Å². The van der Waals surface area contributed by atoms with Crippen LogP contribution in [0, 0.1) is 18.3 Å². The van der Waals surface area contributed by atoms with Crippen LogP contribution in [0.3, 0.4) is 0 Å². The van der Waals surface area contributed by atoms with E-state index in [0.29, 0.717) is 19.3 Å². The van der Waals surface area contributed by atoms with Crippen LogP contribution in [0.2, 0.25) is 0 Å². The molecule has 1 aromatic heterocycles. The van der Waals surface area contributed by atoms with Crippen LogP contribution in [0.1, 0.15) is 36.9 Å². The molecule has 6 heteroatoms. The molecule has 1 aliphatic carbocycles. The molecule has 140 valence electrons. The minimum absolute atomic E-state index is 0.125. The molecule has 27 heavy (non-hydrogen) atoms. The summed E-state index contributed by atoms with van der Waals surface area (Å²) in [4.78, 5) is 26.6. The third-order valence-electron chi connectivity index (χ3n) is 5.23. The first kappa shape index (κ1) is 18.9. The zero-order chi connectivity index (χ0) is 19.4. The van der Waals surface area contributed by atoms with Crippen molar-refractivity contribution in [2.45, 2.75) is 50.6 Å². The van der Waals surface area contributed by atoms with E-state index in [-0.39, 0.29) is 11.5 Å². The van der Waals surface area contributed by atoms with Crippen LogP contribution in [0.15, 0.2) is 41.2 Å². The van der Waals surface area contributed by atoms with Crippen LogP contribution in [-0.4, -0.2) is 22.5 Å². The van der Waals surface area contributed by atoms with Gasteiger partial charge in [-0.15, -0.1) is 0 Å². The SMILES string of the molecule is Cc1[nH]c(=O)ccc1-c1ccc(C[C@@H](C#N)NC(=O)C2(N)CCCC2)cc1. The highest BCUT2D eigenvalue weighted by Crippen LogP contribution is 2.27. The van der Waals surface area contributed by atoms with Gasteiger partial charge in [0.15, 0.2) is 0 Å². The highest BCUT2D eigenvalue weighted by atomic mass is 16.2. The minimum atomic E-state index is -0.833. The van der Waals surface area contributed by atoms with Crippen molar-refractivity contribution in [3.05, 3.63) is 58.0 Å². The van der Waals surface area contributed by atoms with Gasteiger partial charge in [-0.2, -0.15) is 5.26 Å². The van der Waals surface area contributed by atoms with Gasteiger partial charge in [0.1, 0.15) is 6.04 Å². The molecule has 0 radical (unpaired) electrons. The summed E-state index contributed by atoms with van der Waals surface area (Å²) >= 11 is 0. The minimum Gasteiger partial charge on any atom is -0.338 e. The molecule has 1 saturated carbocycles. The number of carbonyl (C=O) groups excluding carboxylic acids is 1. The fourth-order valence-corrected chi connectivity index (χ4v) is 3.61.